The van der Waals surface area contributed by atoms with E-state index in [2.05, 4.69) is 5.32 Å². The van der Waals surface area contributed by atoms with Crippen molar-refractivity contribution < 1.29 is 14.5 Å². The van der Waals surface area contributed by atoms with Crippen molar-refractivity contribution in [2.75, 3.05) is 36.4 Å². The number of benzene rings is 2. The lowest BCUT2D eigenvalue weighted by molar-refractivity contribution is -0.384. The highest BCUT2D eigenvalue weighted by Crippen LogP contribution is 2.35. The van der Waals surface area contributed by atoms with E-state index in [0.717, 1.165) is 5.56 Å². The minimum Gasteiger partial charge on any atom is -0.362 e. The molecule has 2 amide bonds. The van der Waals surface area contributed by atoms with Gasteiger partial charge in [0.05, 0.1) is 10.8 Å². The Hall–Kier alpha value is -3.13. The summed E-state index contributed by atoms with van der Waals surface area (Å²) in [6.45, 7) is 1.79. The molecule has 2 aromatic carbocycles. The lowest BCUT2D eigenvalue weighted by Gasteiger charge is -2.38. The molecule has 1 N–H and O–H groups in total. The smallest absolute Gasteiger partial charge is 0.294 e. The zero-order valence-electron chi connectivity index (χ0n) is 15.5. The molecule has 0 spiro atoms. The second-order valence-electron chi connectivity index (χ2n) is 7.09. The zero-order valence-corrected chi connectivity index (χ0v) is 16.3. The van der Waals surface area contributed by atoms with Crippen LogP contribution in [0.1, 0.15) is 17.9 Å². The molecule has 2 aromatic rings. The van der Waals surface area contributed by atoms with Gasteiger partial charge in [-0.3, -0.25) is 19.7 Å². The summed E-state index contributed by atoms with van der Waals surface area (Å²) in [7, 11) is 0. The number of anilines is 2. The number of fused-ring (bicyclic) bond motifs is 1. The molecular weight excluding hydrogens is 396 g/mol. The highest BCUT2D eigenvalue weighted by molar-refractivity contribution is 6.30. The summed E-state index contributed by atoms with van der Waals surface area (Å²) in [6.07, 6.45) is 0.124. The molecule has 1 fully saturated rings. The number of nitro groups is 1. The quantitative estimate of drug-likeness (QED) is 0.615. The van der Waals surface area contributed by atoms with Crippen LogP contribution in [-0.2, 0) is 9.59 Å². The topological polar surface area (TPSA) is 95.8 Å². The standard InChI is InChI=1S/C20H19ClN4O4/c21-13-5-6-17(18(11-13)25(28)29)23-7-9-24(10-8-23)20(27)15-12-19(26)22-16-4-2-1-3-14(15)16/h1-6,11,15H,7-10,12H2,(H,22,26). The van der Waals surface area contributed by atoms with Crippen LogP contribution in [0.25, 0.3) is 0 Å². The molecule has 4 rings (SSSR count). The minimum atomic E-state index is -0.503. The summed E-state index contributed by atoms with van der Waals surface area (Å²) in [6, 6.07) is 11.9. The molecule has 1 unspecified atom stereocenters. The number of para-hydroxylation sites is 1. The van der Waals surface area contributed by atoms with Crippen LogP contribution in [0.2, 0.25) is 5.02 Å². The van der Waals surface area contributed by atoms with Gasteiger partial charge in [0.2, 0.25) is 11.8 Å². The molecule has 2 heterocycles. The van der Waals surface area contributed by atoms with E-state index in [4.69, 9.17) is 11.6 Å². The summed E-state index contributed by atoms with van der Waals surface area (Å²) < 4.78 is 0. The van der Waals surface area contributed by atoms with E-state index in [1.807, 2.05) is 23.1 Å². The molecular formula is C20H19ClN4O4. The molecule has 9 heteroatoms. The van der Waals surface area contributed by atoms with Gasteiger partial charge in [-0.25, -0.2) is 0 Å². The number of amides is 2. The number of piperazine rings is 1. The van der Waals surface area contributed by atoms with Gasteiger partial charge in [0.25, 0.3) is 5.69 Å². The zero-order chi connectivity index (χ0) is 20.5. The fourth-order valence-corrected chi connectivity index (χ4v) is 4.10. The number of nitro benzene ring substituents is 1. The van der Waals surface area contributed by atoms with Crippen LogP contribution in [0.4, 0.5) is 17.1 Å². The Labute approximate surface area is 172 Å². The Morgan fingerprint density at radius 1 is 1.14 bits per heavy atom. The maximum absolute atomic E-state index is 13.1. The van der Waals surface area contributed by atoms with Crippen molar-refractivity contribution in [2.24, 2.45) is 0 Å². The number of hydrogen-bond acceptors (Lipinski definition) is 5. The molecule has 150 valence electrons. The molecule has 0 saturated carbocycles. The summed E-state index contributed by atoms with van der Waals surface area (Å²) in [5, 5.41) is 14.5. The Morgan fingerprint density at radius 3 is 2.59 bits per heavy atom. The summed E-state index contributed by atoms with van der Waals surface area (Å²) >= 11 is 5.90. The van der Waals surface area contributed by atoms with E-state index >= 15 is 0 Å². The molecule has 1 saturated heterocycles. The van der Waals surface area contributed by atoms with Gasteiger partial charge < -0.3 is 15.1 Å². The van der Waals surface area contributed by atoms with Crippen LogP contribution >= 0.6 is 11.6 Å². The first kappa shape index (κ1) is 19.2. The van der Waals surface area contributed by atoms with E-state index in [-0.39, 0.29) is 23.9 Å². The summed E-state index contributed by atoms with van der Waals surface area (Å²) in [5.74, 6) is -0.758. The number of rotatable bonds is 3. The SMILES string of the molecule is O=C1CC(C(=O)N2CCN(c3ccc(Cl)cc3[N+](=O)[O-])CC2)c2ccccc2N1. The second kappa shape index (κ2) is 7.71. The average molecular weight is 415 g/mol. The summed E-state index contributed by atoms with van der Waals surface area (Å²) in [4.78, 5) is 39.7. The van der Waals surface area contributed by atoms with Crippen molar-refractivity contribution in [2.45, 2.75) is 12.3 Å². The number of carbonyl (C=O) groups is 2. The first-order chi connectivity index (χ1) is 13.9. The number of nitrogens with zero attached hydrogens (tertiary/aromatic N) is 3. The Kier molecular flexibility index (Phi) is 5.10. The van der Waals surface area contributed by atoms with Gasteiger partial charge in [0.15, 0.2) is 0 Å². The normalized spacial score (nSPS) is 18.8. The van der Waals surface area contributed by atoms with E-state index in [9.17, 15) is 19.7 Å². The van der Waals surface area contributed by atoms with E-state index in [0.29, 0.717) is 42.6 Å². The lowest BCUT2D eigenvalue weighted by Crippen LogP contribution is -2.50. The molecule has 0 bridgehead atoms. The highest BCUT2D eigenvalue weighted by atomic mass is 35.5. The molecule has 1 atom stereocenters. The van der Waals surface area contributed by atoms with E-state index in [1.54, 1.807) is 23.1 Å². The van der Waals surface area contributed by atoms with Crippen LogP contribution in [0.3, 0.4) is 0 Å². The third-order valence-corrected chi connectivity index (χ3v) is 5.60. The van der Waals surface area contributed by atoms with Crippen molar-refractivity contribution in [3.63, 3.8) is 0 Å². The molecule has 0 aromatic heterocycles. The minimum absolute atomic E-state index is 0.0462. The first-order valence-electron chi connectivity index (χ1n) is 9.30. The predicted molar refractivity (Wildman–Crippen MR) is 109 cm³/mol. The van der Waals surface area contributed by atoms with Gasteiger partial charge in [-0.1, -0.05) is 29.8 Å². The summed E-state index contributed by atoms with van der Waals surface area (Å²) in [5.41, 5.74) is 1.95. The Morgan fingerprint density at radius 2 is 1.86 bits per heavy atom. The third-order valence-electron chi connectivity index (χ3n) is 5.36. The maximum atomic E-state index is 13.1. The van der Waals surface area contributed by atoms with Gasteiger partial charge in [0.1, 0.15) is 5.69 Å². The molecule has 2 aliphatic heterocycles. The Bertz CT molecular complexity index is 988. The highest BCUT2D eigenvalue weighted by Gasteiger charge is 2.35. The number of halogens is 1. The molecule has 2 aliphatic rings. The predicted octanol–water partition coefficient (Wildman–Crippen LogP) is 3.02. The fourth-order valence-electron chi connectivity index (χ4n) is 3.93. The molecule has 0 aliphatic carbocycles. The van der Waals surface area contributed by atoms with Gasteiger partial charge in [-0.15, -0.1) is 0 Å². The van der Waals surface area contributed by atoms with Crippen LogP contribution in [-0.4, -0.2) is 47.8 Å². The number of carbonyl (C=O) groups excluding carboxylic acids is 2. The van der Waals surface area contributed by atoms with Crippen LogP contribution in [0.15, 0.2) is 42.5 Å². The van der Waals surface area contributed by atoms with E-state index in [1.165, 1.54) is 6.07 Å². The van der Waals surface area contributed by atoms with Gasteiger partial charge in [-0.2, -0.15) is 0 Å². The number of nitrogens with one attached hydrogen (secondary N) is 1. The lowest BCUT2D eigenvalue weighted by atomic mass is 9.89. The van der Waals surface area contributed by atoms with Crippen molar-refractivity contribution in [3.05, 3.63) is 63.2 Å². The van der Waals surface area contributed by atoms with Crippen molar-refractivity contribution in [1.29, 1.82) is 0 Å². The van der Waals surface area contributed by atoms with Crippen LogP contribution in [0.5, 0.6) is 0 Å². The van der Waals surface area contributed by atoms with Crippen molar-refractivity contribution in [3.8, 4) is 0 Å². The maximum Gasteiger partial charge on any atom is 0.294 e. The monoisotopic (exact) mass is 414 g/mol. The van der Waals surface area contributed by atoms with Crippen LogP contribution in [0, 0.1) is 10.1 Å². The average Bonchev–Trinajstić information content (AvgIpc) is 2.72. The third kappa shape index (κ3) is 3.75. The van der Waals surface area contributed by atoms with Gasteiger partial charge in [-0.05, 0) is 23.8 Å². The second-order valence-corrected chi connectivity index (χ2v) is 7.53. The molecule has 8 nitrogen and oxygen atoms in total. The van der Waals surface area contributed by atoms with Crippen LogP contribution < -0.4 is 10.2 Å². The Balaban J connectivity index is 1.49. The fraction of sp³-hybridized carbons (Fsp3) is 0.300. The molecule has 0 radical (unpaired) electrons. The van der Waals surface area contributed by atoms with Crippen molar-refractivity contribution >= 4 is 40.5 Å². The van der Waals surface area contributed by atoms with Gasteiger partial charge >= 0.3 is 0 Å². The first-order valence-corrected chi connectivity index (χ1v) is 9.68. The van der Waals surface area contributed by atoms with Crippen molar-refractivity contribution in [1.82, 2.24) is 4.90 Å². The van der Waals surface area contributed by atoms with E-state index < -0.39 is 10.8 Å². The largest absolute Gasteiger partial charge is 0.362 e. The number of hydrogen-bond donors (Lipinski definition) is 1. The molecule has 29 heavy (non-hydrogen) atoms. The van der Waals surface area contributed by atoms with Gasteiger partial charge in [0, 0.05) is 49.4 Å².